The second-order valence-electron chi connectivity index (χ2n) is 7.59. The summed E-state index contributed by atoms with van der Waals surface area (Å²) in [7, 11) is 0. The van der Waals surface area contributed by atoms with E-state index in [9.17, 15) is 19.5 Å². The Labute approximate surface area is 172 Å². The van der Waals surface area contributed by atoms with Gasteiger partial charge in [-0.1, -0.05) is 42.5 Å². The van der Waals surface area contributed by atoms with Crippen molar-refractivity contribution in [3.63, 3.8) is 0 Å². The molecule has 2 heterocycles. The van der Waals surface area contributed by atoms with Crippen LogP contribution in [0.3, 0.4) is 0 Å². The normalized spacial score (nSPS) is 20.6. The van der Waals surface area contributed by atoms with Gasteiger partial charge < -0.3 is 5.11 Å². The molecular weight excluding hydrogens is 380 g/mol. The summed E-state index contributed by atoms with van der Waals surface area (Å²) >= 11 is 0. The van der Waals surface area contributed by atoms with Crippen LogP contribution in [0.25, 0.3) is 22.2 Å². The molecule has 0 bridgehead atoms. The van der Waals surface area contributed by atoms with Crippen molar-refractivity contribution in [3.8, 4) is 11.3 Å². The van der Waals surface area contributed by atoms with Crippen molar-refractivity contribution in [2.24, 2.45) is 11.8 Å². The van der Waals surface area contributed by atoms with E-state index in [2.05, 4.69) is 4.98 Å². The van der Waals surface area contributed by atoms with E-state index in [4.69, 9.17) is 0 Å². The third-order valence-electron chi connectivity index (χ3n) is 5.88. The molecule has 30 heavy (non-hydrogen) atoms. The zero-order chi connectivity index (χ0) is 20.8. The predicted octanol–water partition coefficient (Wildman–Crippen LogP) is 4.06. The molecule has 6 nitrogen and oxygen atoms in total. The van der Waals surface area contributed by atoms with Gasteiger partial charge in [0.2, 0.25) is 11.8 Å². The highest BCUT2D eigenvalue weighted by molar-refractivity contribution is 6.22. The molecule has 3 aromatic rings. The van der Waals surface area contributed by atoms with E-state index in [0.717, 1.165) is 0 Å². The van der Waals surface area contributed by atoms with E-state index in [0.29, 0.717) is 40.7 Å². The molecule has 2 aromatic carbocycles. The largest absolute Gasteiger partial charge is 0.478 e. The van der Waals surface area contributed by atoms with Gasteiger partial charge in [-0.25, -0.2) is 9.78 Å². The smallest absolute Gasteiger partial charge is 0.336 e. The zero-order valence-electron chi connectivity index (χ0n) is 16.0. The van der Waals surface area contributed by atoms with Crippen molar-refractivity contribution in [3.05, 3.63) is 72.3 Å². The minimum absolute atomic E-state index is 0.154. The van der Waals surface area contributed by atoms with Crippen LogP contribution in [0.1, 0.15) is 23.2 Å². The van der Waals surface area contributed by atoms with Crippen LogP contribution in [0.5, 0.6) is 0 Å². The highest BCUT2D eigenvalue weighted by Crippen LogP contribution is 2.38. The number of carboxylic acids is 1. The lowest BCUT2D eigenvalue weighted by Crippen LogP contribution is -2.30. The van der Waals surface area contributed by atoms with Gasteiger partial charge >= 0.3 is 5.97 Å². The quantitative estimate of drug-likeness (QED) is 0.531. The number of aromatic carboxylic acids is 1. The van der Waals surface area contributed by atoms with Crippen LogP contribution in [0.15, 0.2) is 66.7 Å². The Morgan fingerprint density at radius 1 is 0.933 bits per heavy atom. The van der Waals surface area contributed by atoms with Crippen molar-refractivity contribution in [1.29, 1.82) is 0 Å². The van der Waals surface area contributed by atoms with E-state index in [-0.39, 0.29) is 29.2 Å². The Morgan fingerprint density at radius 3 is 2.20 bits per heavy atom. The lowest BCUT2D eigenvalue weighted by molar-refractivity contribution is -0.122. The van der Waals surface area contributed by atoms with Gasteiger partial charge in [0.1, 0.15) is 0 Å². The number of para-hydroxylation sites is 1. The molecule has 148 valence electrons. The second-order valence-corrected chi connectivity index (χ2v) is 7.59. The highest BCUT2D eigenvalue weighted by atomic mass is 16.4. The summed E-state index contributed by atoms with van der Waals surface area (Å²) < 4.78 is 0. The summed E-state index contributed by atoms with van der Waals surface area (Å²) in [4.78, 5) is 43.1. The third kappa shape index (κ3) is 2.80. The summed E-state index contributed by atoms with van der Waals surface area (Å²) in [6, 6.07) is 15.6. The van der Waals surface area contributed by atoms with Crippen LogP contribution >= 0.6 is 0 Å². The van der Waals surface area contributed by atoms with E-state index in [1.807, 2.05) is 18.2 Å². The van der Waals surface area contributed by atoms with Gasteiger partial charge in [-0.15, -0.1) is 0 Å². The molecular formula is C24H18N2O4. The maximum atomic E-state index is 12.8. The number of imide groups is 1. The Balaban J connectivity index is 1.51. The van der Waals surface area contributed by atoms with Gasteiger partial charge in [0.25, 0.3) is 0 Å². The van der Waals surface area contributed by atoms with Crippen LogP contribution in [-0.2, 0) is 9.59 Å². The predicted molar refractivity (Wildman–Crippen MR) is 112 cm³/mol. The highest BCUT2D eigenvalue weighted by Gasteiger charge is 2.47. The molecule has 0 spiro atoms. The summed E-state index contributed by atoms with van der Waals surface area (Å²) in [6.07, 6.45) is 5.13. The fourth-order valence-electron chi connectivity index (χ4n) is 4.34. The van der Waals surface area contributed by atoms with Gasteiger partial charge in [-0.05, 0) is 37.1 Å². The van der Waals surface area contributed by atoms with Gasteiger partial charge in [-0.2, -0.15) is 0 Å². The topological polar surface area (TPSA) is 87.6 Å². The number of pyridine rings is 1. The molecule has 6 heteroatoms. The van der Waals surface area contributed by atoms with Crippen LogP contribution < -0.4 is 4.90 Å². The fourth-order valence-corrected chi connectivity index (χ4v) is 4.34. The number of benzene rings is 2. The number of rotatable bonds is 3. The van der Waals surface area contributed by atoms with Crippen molar-refractivity contribution in [2.45, 2.75) is 12.8 Å². The molecule has 1 aliphatic heterocycles. The Bertz CT molecular complexity index is 1200. The third-order valence-corrected chi connectivity index (χ3v) is 5.88. The van der Waals surface area contributed by atoms with Gasteiger partial charge in [0.15, 0.2) is 0 Å². The first-order valence-electron chi connectivity index (χ1n) is 9.81. The van der Waals surface area contributed by atoms with Crippen LogP contribution in [-0.4, -0.2) is 27.9 Å². The number of carboxylic acid groups (broad SMARTS) is 1. The number of carbonyl (C=O) groups is 3. The summed E-state index contributed by atoms with van der Waals surface area (Å²) in [5, 5.41) is 10.2. The first-order valence-corrected chi connectivity index (χ1v) is 9.81. The molecule has 1 saturated heterocycles. The number of amides is 2. The first kappa shape index (κ1) is 18.2. The lowest BCUT2D eigenvalue weighted by atomic mass is 9.85. The second kappa shape index (κ2) is 6.91. The number of carbonyl (C=O) groups excluding carboxylic acids is 2. The van der Waals surface area contributed by atoms with Gasteiger partial charge in [0.05, 0.1) is 34.3 Å². The number of hydrogen-bond acceptors (Lipinski definition) is 4. The number of nitrogens with zero attached hydrogens (tertiary/aromatic N) is 2. The number of anilines is 1. The molecule has 2 atom stereocenters. The molecule has 2 aliphatic rings. The fraction of sp³-hybridized carbons (Fsp3) is 0.167. The van der Waals surface area contributed by atoms with Crippen molar-refractivity contribution in [2.75, 3.05) is 4.90 Å². The van der Waals surface area contributed by atoms with Crippen LogP contribution in [0.2, 0.25) is 0 Å². The number of aromatic nitrogens is 1. The first-order chi connectivity index (χ1) is 14.5. The average molecular weight is 398 g/mol. The van der Waals surface area contributed by atoms with Gasteiger partial charge in [0, 0.05) is 10.9 Å². The summed E-state index contributed by atoms with van der Waals surface area (Å²) in [5.41, 5.74) is 2.54. The molecule has 1 aromatic heterocycles. The van der Waals surface area contributed by atoms with E-state index < -0.39 is 5.97 Å². The molecule has 0 radical (unpaired) electrons. The minimum Gasteiger partial charge on any atom is -0.478 e. The molecule has 2 unspecified atom stereocenters. The average Bonchev–Trinajstić information content (AvgIpc) is 3.03. The molecule has 1 N–H and O–H groups in total. The summed E-state index contributed by atoms with van der Waals surface area (Å²) in [5.74, 6) is -1.88. The van der Waals surface area contributed by atoms with Crippen molar-refractivity contribution < 1.29 is 19.5 Å². The van der Waals surface area contributed by atoms with E-state index >= 15 is 0 Å². The molecule has 5 rings (SSSR count). The number of allylic oxidation sites excluding steroid dienone is 2. The van der Waals surface area contributed by atoms with Crippen LogP contribution in [0, 0.1) is 11.8 Å². The zero-order valence-corrected chi connectivity index (χ0v) is 16.0. The van der Waals surface area contributed by atoms with Crippen molar-refractivity contribution in [1.82, 2.24) is 4.98 Å². The summed E-state index contributed by atoms with van der Waals surface area (Å²) in [6.45, 7) is 0. The SMILES string of the molecule is O=C(O)c1cc(-c2ccc(N3C(=O)C4CC=CCC4C3=O)cc2)nc2ccccc12. The Kier molecular flexibility index (Phi) is 4.20. The lowest BCUT2D eigenvalue weighted by Gasteiger charge is -2.15. The van der Waals surface area contributed by atoms with E-state index in [1.54, 1.807) is 48.5 Å². The maximum Gasteiger partial charge on any atom is 0.336 e. The number of fused-ring (bicyclic) bond motifs is 2. The Morgan fingerprint density at radius 2 is 1.57 bits per heavy atom. The Hall–Kier alpha value is -3.80. The maximum absolute atomic E-state index is 12.8. The molecule has 1 aliphatic carbocycles. The van der Waals surface area contributed by atoms with E-state index in [1.165, 1.54) is 4.90 Å². The molecule has 2 amide bonds. The minimum atomic E-state index is -1.02. The standard InChI is InChI=1S/C24H18N2O4/c27-22-17-6-1-2-7-18(17)23(28)26(22)15-11-9-14(10-12-15)21-13-19(24(29)30)16-5-3-4-8-20(16)25-21/h1-5,8-13,17-18H,6-7H2,(H,29,30). The van der Waals surface area contributed by atoms with Crippen molar-refractivity contribution >= 4 is 34.4 Å². The van der Waals surface area contributed by atoms with Gasteiger partial charge in [-0.3, -0.25) is 14.5 Å². The molecule has 0 saturated carbocycles. The van der Waals surface area contributed by atoms with Crippen LogP contribution in [0.4, 0.5) is 5.69 Å². The number of hydrogen-bond donors (Lipinski definition) is 1. The monoisotopic (exact) mass is 398 g/mol. The molecule has 1 fully saturated rings.